The molecule has 0 aliphatic rings. The van der Waals surface area contributed by atoms with Crippen molar-refractivity contribution in [3.8, 4) is 11.5 Å². The zero-order valence-corrected chi connectivity index (χ0v) is 32.9. The maximum absolute atomic E-state index is 11.0. The number of phenolic OH excluding ortho intramolecular Hbond substituents is 1. The van der Waals surface area contributed by atoms with Gasteiger partial charge in [-0.15, -0.1) is 0 Å². The van der Waals surface area contributed by atoms with E-state index in [4.69, 9.17) is 4.74 Å². The minimum atomic E-state index is 0.372. The highest BCUT2D eigenvalue weighted by Gasteiger charge is 2.16. The van der Waals surface area contributed by atoms with E-state index < -0.39 is 0 Å². The SMILES string of the molecule is COc1c(C)c(C/C=C(\C)CC/C=C(\C)CC/C=C(\C)CC/C=C(\C)CC/C=C(\C)CC/C=C(\C)CCC=C(C)C)c(O)c2ccccc12. The van der Waals surface area contributed by atoms with E-state index >= 15 is 0 Å². The van der Waals surface area contributed by atoms with Gasteiger partial charge >= 0.3 is 0 Å². The number of allylic oxidation sites excluding steroid dienone is 14. The molecule has 0 unspecified atom stereocenters. The Bertz CT molecular complexity index is 1550. The van der Waals surface area contributed by atoms with E-state index in [0.717, 1.165) is 91.9 Å². The summed E-state index contributed by atoms with van der Waals surface area (Å²) in [6.45, 7) is 20.0. The summed E-state index contributed by atoms with van der Waals surface area (Å²) in [4.78, 5) is 0. The highest BCUT2D eigenvalue weighted by molar-refractivity contribution is 5.95. The molecule has 49 heavy (non-hydrogen) atoms. The molecule has 0 saturated heterocycles. The van der Waals surface area contributed by atoms with Crippen LogP contribution in [0.3, 0.4) is 0 Å². The topological polar surface area (TPSA) is 29.5 Å². The van der Waals surface area contributed by atoms with Crippen LogP contribution in [0.1, 0.15) is 144 Å². The zero-order chi connectivity index (χ0) is 36.2. The molecule has 0 atom stereocenters. The van der Waals surface area contributed by atoms with Gasteiger partial charge in [0.15, 0.2) is 0 Å². The van der Waals surface area contributed by atoms with Crippen LogP contribution < -0.4 is 4.74 Å². The average molecular weight is 665 g/mol. The van der Waals surface area contributed by atoms with Crippen LogP contribution in [0.5, 0.6) is 11.5 Å². The van der Waals surface area contributed by atoms with Crippen LogP contribution >= 0.6 is 0 Å². The van der Waals surface area contributed by atoms with Gasteiger partial charge < -0.3 is 9.84 Å². The molecule has 2 heteroatoms. The first kappa shape index (κ1) is 41.7. The number of methoxy groups -OCH3 is 1. The molecule has 0 aliphatic heterocycles. The van der Waals surface area contributed by atoms with Crippen molar-refractivity contribution in [1.82, 2.24) is 0 Å². The van der Waals surface area contributed by atoms with Gasteiger partial charge in [0.05, 0.1) is 7.11 Å². The van der Waals surface area contributed by atoms with E-state index in [1.165, 1.54) is 51.9 Å². The fourth-order valence-corrected chi connectivity index (χ4v) is 6.29. The van der Waals surface area contributed by atoms with Crippen molar-refractivity contribution in [2.45, 2.75) is 146 Å². The molecule has 2 nitrogen and oxygen atoms in total. The minimum absolute atomic E-state index is 0.372. The van der Waals surface area contributed by atoms with Gasteiger partial charge in [-0.05, 0) is 151 Å². The zero-order valence-electron chi connectivity index (χ0n) is 32.9. The summed E-state index contributed by atoms with van der Waals surface area (Å²) in [6.07, 6.45) is 31.0. The van der Waals surface area contributed by atoms with Crippen LogP contribution in [-0.4, -0.2) is 12.2 Å². The Labute approximate surface area is 301 Å². The normalized spacial score (nSPS) is 13.8. The Morgan fingerprint density at radius 3 is 1.24 bits per heavy atom. The number of hydrogen-bond acceptors (Lipinski definition) is 2. The maximum Gasteiger partial charge on any atom is 0.130 e. The van der Waals surface area contributed by atoms with E-state index in [0.29, 0.717) is 12.2 Å². The fraction of sp³-hybridized carbons (Fsp3) is 0.489. The number of phenols is 1. The van der Waals surface area contributed by atoms with E-state index in [1.54, 1.807) is 7.11 Å². The predicted octanol–water partition coefficient (Wildman–Crippen LogP) is 14.7. The summed E-state index contributed by atoms with van der Waals surface area (Å²) in [6, 6.07) is 7.92. The monoisotopic (exact) mass is 665 g/mol. The van der Waals surface area contributed by atoms with Crippen LogP contribution in [-0.2, 0) is 6.42 Å². The molecule has 0 saturated carbocycles. The summed E-state index contributed by atoms with van der Waals surface area (Å²) in [5.74, 6) is 1.23. The van der Waals surface area contributed by atoms with Gasteiger partial charge in [0.1, 0.15) is 11.5 Å². The number of benzene rings is 2. The number of rotatable bonds is 21. The van der Waals surface area contributed by atoms with Gasteiger partial charge in [-0.3, -0.25) is 0 Å². The predicted molar refractivity (Wildman–Crippen MR) is 218 cm³/mol. The van der Waals surface area contributed by atoms with Crippen molar-refractivity contribution < 1.29 is 9.84 Å². The number of fused-ring (bicyclic) bond motifs is 1. The van der Waals surface area contributed by atoms with Crippen LogP contribution in [0.15, 0.2) is 106 Å². The van der Waals surface area contributed by atoms with Crippen molar-refractivity contribution in [2.75, 3.05) is 7.11 Å². The summed E-state index contributed by atoms with van der Waals surface area (Å²) in [7, 11) is 1.71. The molecular weight excluding hydrogens is 597 g/mol. The molecule has 0 fully saturated rings. The molecule has 0 aliphatic carbocycles. The third-order valence-electron chi connectivity index (χ3n) is 9.61. The molecular formula is C47H68O2. The summed E-state index contributed by atoms with van der Waals surface area (Å²) in [5.41, 5.74) is 12.2. The van der Waals surface area contributed by atoms with Gasteiger partial charge in [-0.1, -0.05) is 106 Å². The molecule has 0 amide bonds. The Balaban J connectivity index is 1.69. The van der Waals surface area contributed by atoms with Crippen molar-refractivity contribution in [2.24, 2.45) is 0 Å². The summed E-state index contributed by atoms with van der Waals surface area (Å²) >= 11 is 0. The molecule has 0 spiro atoms. The average Bonchev–Trinajstić information content (AvgIpc) is 3.04. The number of hydrogen-bond donors (Lipinski definition) is 1. The molecule has 0 radical (unpaired) electrons. The Morgan fingerprint density at radius 1 is 0.531 bits per heavy atom. The molecule has 0 aromatic heterocycles. The first-order chi connectivity index (χ1) is 23.4. The third kappa shape index (κ3) is 16.2. The van der Waals surface area contributed by atoms with Crippen molar-refractivity contribution in [3.05, 3.63) is 117 Å². The molecule has 0 bridgehead atoms. The van der Waals surface area contributed by atoms with E-state index in [9.17, 15) is 5.11 Å². The van der Waals surface area contributed by atoms with Crippen LogP contribution in [0.25, 0.3) is 10.8 Å². The highest BCUT2D eigenvalue weighted by atomic mass is 16.5. The number of aromatic hydroxyl groups is 1. The highest BCUT2D eigenvalue weighted by Crippen LogP contribution is 2.40. The van der Waals surface area contributed by atoms with Gasteiger partial charge in [-0.25, -0.2) is 0 Å². The Kier molecular flexibility index (Phi) is 19.5. The molecule has 2 aromatic rings. The number of ether oxygens (including phenoxy) is 1. The second-order valence-electron chi connectivity index (χ2n) is 14.6. The van der Waals surface area contributed by atoms with E-state index in [2.05, 4.69) is 97.9 Å². The van der Waals surface area contributed by atoms with E-state index in [-0.39, 0.29) is 0 Å². The quantitative estimate of drug-likeness (QED) is 0.135. The maximum atomic E-state index is 11.0. The molecule has 0 heterocycles. The summed E-state index contributed by atoms with van der Waals surface area (Å²) in [5, 5.41) is 12.8. The van der Waals surface area contributed by atoms with Crippen LogP contribution in [0.2, 0.25) is 0 Å². The molecule has 2 rings (SSSR count). The van der Waals surface area contributed by atoms with Crippen molar-refractivity contribution in [3.63, 3.8) is 0 Å². The first-order valence-electron chi connectivity index (χ1n) is 18.8. The van der Waals surface area contributed by atoms with Gasteiger partial charge in [-0.2, -0.15) is 0 Å². The Morgan fingerprint density at radius 2 is 0.878 bits per heavy atom. The van der Waals surface area contributed by atoms with E-state index in [1.807, 2.05) is 31.2 Å². The van der Waals surface area contributed by atoms with Crippen LogP contribution in [0.4, 0.5) is 0 Å². The fourth-order valence-electron chi connectivity index (χ4n) is 6.29. The lowest BCUT2D eigenvalue weighted by Gasteiger charge is -2.16. The standard InChI is InChI=1S/C47H68O2/c1-35(2)19-13-20-36(3)21-14-22-37(4)23-15-24-38(5)25-16-26-39(6)27-17-28-40(7)29-18-30-41(8)33-34-43-42(9)47(49-10)45-32-12-11-31-44(45)46(43)48/h11-12,19,21,23,25,27,29,31-33,48H,13-18,20,22,24,26,28,30,34H2,1-10H3/b36-21+,37-23+,38-25+,39-27+,40-29+,41-33+. The minimum Gasteiger partial charge on any atom is -0.507 e. The van der Waals surface area contributed by atoms with Crippen molar-refractivity contribution in [1.29, 1.82) is 0 Å². The lowest BCUT2D eigenvalue weighted by molar-refractivity contribution is 0.414. The van der Waals surface area contributed by atoms with Gasteiger partial charge in [0.2, 0.25) is 0 Å². The molecule has 268 valence electrons. The third-order valence-corrected chi connectivity index (χ3v) is 9.61. The van der Waals surface area contributed by atoms with Gasteiger partial charge in [0, 0.05) is 16.3 Å². The lowest BCUT2D eigenvalue weighted by Crippen LogP contribution is -1.96. The lowest BCUT2D eigenvalue weighted by atomic mass is 9.95. The van der Waals surface area contributed by atoms with Crippen molar-refractivity contribution >= 4 is 10.8 Å². The molecule has 1 N–H and O–H groups in total. The largest absolute Gasteiger partial charge is 0.507 e. The first-order valence-corrected chi connectivity index (χ1v) is 18.8. The Hall–Kier alpha value is -3.52. The second kappa shape index (κ2) is 23.0. The van der Waals surface area contributed by atoms with Gasteiger partial charge in [0.25, 0.3) is 0 Å². The second-order valence-corrected chi connectivity index (χ2v) is 14.6. The van der Waals surface area contributed by atoms with Crippen LogP contribution in [0, 0.1) is 6.92 Å². The smallest absolute Gasteiger partial charge is 0.130 e. The summed E-state index contributed by atoms with van der Waals surface area (Å²) < 4.78 is 5.72. The molecule has 2 aromatic carbocycles.